The standard InChI is InChI=1S/C19H18N4O4/c1-10-16(22-17-13(19(26)27)4-3-7-21-17)14-8-12(9-20)5-6-15(14)23(11(2)24)18(10)25/h3-8,10,16,18,25H,1-2H3,(H,21,22)(H,26,27)/t10-,16-,18+/m1/s1. The Morgan fingerprint density at radius 2 is 2.07 bits per heavy atom. The number of carboxylic acid groups (broad SMARTS) is 1. The number of nitrogens with one attached hydrogen (secondary N) is 1. The number of aliphatic hydroxyl groups is 1. The van der Waals surface area contributed by atoms with Crippen molar-refractivity contribution >= 4 is 23.4 Å². The number of carbonyl (C=O) groups excluding carboxylic acids is 1. The molecule has 2 aromatic rings. The highest BCUT2D eigenvalue weighted by Crippen LogP contribution is 2.42. The Balaban J connectivity index is 2.13. The van der Waals surface area contributed by atoms with Gasteiger partial charge >= 0.3 is 5.97 Å². The highest BCUT2D eigenvalue weighted by molar-refractivity contribution is 5.95. The van der Waals surface area contributed by atoms with Crippen molar-refractivity contribution in [2.45, 2.75) is 26.1 Å². The number of nitrogens with zero attached hydrogens (tertiary/aromatic N) is 3. The number of carbonyl (C=O) groups is 2. The molecule has 3 atom stereocenters. The Morgan fingerprint density at radius 1 is 1.33 bits per heavy atom. The minimum absolute atomic E-state index is 0.00817. The van der Waals surface area contributed by atoms with Crippen molar-refractivity contribution in [2.75, 3.05) is 10.2 Å². The number of pyridine rings is 1. The zero-order valence-corrected chi connectivity index (χ0v) is 14.7. The fourth-order valence-corrected chi connectivity index (χ4v) is 3.33. The maximum absolute atomic E-state index is 12.1. The molecule has 3 N–H and O–H groups in total. The molecule has 27 heavy (non-hydrogen) atoms. The minimum atomic E-state index is -1.13. The molecule has 0 unspecified atom stereocenters. The maximum Gasteiger partial charge on any atom is 0.339 e. The van der Waals surface area contributed by atoms with Crippen LogP contribution in [-0.2, 0) is 4.79 Å². The molecule has 0 bridgehead atoms. The second-order valence-electron chi connectivity index (χ2n) is 6.37. The van der Waals surface area contributed by atoms with E-state index in [-0.39, 0.29) is 17.3 Å². The van der Waals surface area contributed by atoms with Crippen LogP contribution >= 0.6 is 0 Å². The van der Waals surface area contributed by atoms with E-state index in [1.807, 2.05) is 0 Å². The van der Waals surface area contributed by atoms with E-state index in [2.05, 4.69) is 16.4 Å². The number of amides is 1. The summed E-state index contributed by atoms with van der Waals surface area (Å²) in [5.74, 6) is -1.80. The first-order valence-corrected chi connectivity index (χ1v) is 8.32. The molecule has 0 spiro atoms. The third-order valence-electron chi connectivity index (χ3n) is 4.68. The minimum Gasteiger partial charge on any atom is -0.478 e. The normalized spacial score (nSPS) is 21.1. The van der Waals surface area contributed by atoms with Gasteiger partial charge in [0.1, 0.15) is 17.6 Å². The van der Waals surface area contributed by atoms with Gasteiger partial charge in [0.2, 0.25) is 5.91 Å². The average molecular weight is 366 g/mol. The van der Waals surface area contributed by atoms with Crippen molar-refractivity contribution in [1.82, 2.24) is 4.98 Å². The molecular formula is C19H18N4O4. The van der Waals surface area contributed by atoms with Gasteiger partial charge in [-0.15, -0.1) is 0 Å². The molecule has 0 saturated heterocycles. The fraction of sp³-hybridized carbons (Fsp3) is 0.263. The lowest BCUT2D eigenvalue weighted by Gasteiger charge is -2.42. The quantitative estimate of drug-likeness (QED) is 0.759. The molecule has 2 heterocycles. The Kier molecular flexibility index (Phi) is 4.79. The van der Waals surface area contributed by atoms with Crippen LogP contribution in [0.2, 0.25) is 0 Å². The van der Waals surface area contributed by atoms with Gasteiger partial charge in [-0.1, -0.05) is 6.92 Å². The van der Waals surface area contributed by atoms with Gasteiger partial charge in [0.15, 0.2) is 0 Å². The third kappa shape index (κ3) is 3.20. The molecule has 1 aromatic heterocycles. The van der Waals surface area contributed by atoms with E-state index < -0.39 is 24.2 Å². The Labute approximate surface area is 155 Å². The number of nitriles is 1. The molecule has 1 aromatic carbocycles. The van der Waals surface area contributed by atoms with Crippen LogP contribution < -0.4 is 10.2 Å². The lowest BCUT2D eigenvalue weighted by atomic mass is 9.85. The van der Waals surface area contributed by atoms with Crippen LogP contribution in [0, 0.1) is 17.2 Å². The van der Waals surface area contributed by atoms with Crippen LogP contribution in [0.25, 0.3) is 0 Å². The van der Waals surface area contributed by atoms with Crippen LogP contribution in [-0.4, -0.2) is 33.3 Å². The first-order chi connectivity index (χ1) is 12.8. The molecule has 138 valence electrons. The lowest BCUT2D eigenvalue weighted by molar-refractivity contribution is -0.119. The topological polar surface area (TPSA) is 127 Å². The number of fused-ring (bicyclic) bond motifs is 1. The van der Waals surface area contributed by atoms with Crippen molar-refractivity contribution in [1.29, 1.82) is 5.26 Å². The smallest absolute Gasteiger partial charge is 0.339 e. The molecule has 8 heteroatoms. The summed E-state index contributed by atoms with van der Waals surface area (Å²) in [6.07, 6.45) is 0.352. The summed E-state index contributed by atoms with van der Waals surface area (Å²) in [6, 6.07) is 9.26. The highest BCUT2D eigenvalue weighted by Gasteiger charge is 2.40. The van der Waals surface area contributed by atoms with E-state index in [1.54, 1.807) is 25.1 Å². The summed E-state index contributed by atoms with van der Waals surface area (Å²) in [7, 11) is 0. The van der Waals surface area contributed by atoms with Gasteiger partial charge in [-0.2, -0.15) is 5.26 Å². The van der Waals surface area contributed by atoms with E-state index >= 15 is 0 Å². The Bertz CT molecular complexity index is 953. The number of aromatic nitrogens is 1. The predicted molar refractivity (Wildman–Crippen MR) is 97.0 cm³/mol. The van der Waals surface area contributed by atoms with Crippen LogP contribution in [0.4, 0.5) is 11.5 Å². The van der Waals surface area contributed by atoms with E-state index in [1.165, 1.54) is 30.2 Å². The largest absolute Gasteiger partial charge is 0.478 e. The van der Waals surface area contributed by atoms with Gasteiger partial charge < -0.3 is 15.5 Å². The number of rotatable bonds is 3. The molecule has 1 aliphatic heterocycles. The van der Waals surface area contributed by atoms with Crippen molar-refractivity contribution in [3.63, 3.8) is 0 Å². The summed E-state index contributed by atoms with van der Waals surface area (Å²) >= 11 is 0. The second-order valence-corrected chi connectivity index (χ2v) is 6.37. The number of anilines is 2. The fourth-order valence-electron chi connectivity index (χ4n) is 3.33. The number of hydrogen-bond acceptors (Lipinski definition) is 6. The van der Waals surface area contributed by atoms with Gasteiger partial charge in [-0.3, -0.25) is 9.69 Å². The molecule has 1 aliphatic rings. The van der Waals surface area contributed by atoms with Gasteiger partial charge in [-0.05, 0) is 35.9 Å². The van der Waals surface area contributed by atoms with Crippen molar-refractivity contribution in [3.05, 3.63) is 53.2 Å². The number of aromatic carboxylic acids is 1. The summed E-state index contributed by atoms with van der Waals surface area (Å²) in [5.41, 5.74) is 1.47. The zero-order valence-electron chi connectivity index (χ0n) is 14.7. The van der Waals surface area contributed by atoms with Crippen LogP contribution in [0.15, 0.2) is 36.5 Å². The lowest BCUT2D eigenvalue weighted by Crippen LogP contribution is -2.50. The van der Waals surface area contributed by atoms with Crippen LogP contribution in [0.1, 0.15) is 41.4 Å². The summed E-state index contributed by atoms with van der Waals surface area (Å²) < 4.78 is 0. The SMILES string of the molecule is CC(=O)N1c2ccc(C#N)cc2[C@H](Nc2ncccc2C(=O)O)[C@@H](C)[C@@H]1O. The number of benzene rings is 1. The van der Waals surface area contributed by atoms with E-state index in [9.17, 15) is 25.1 Å². The van der Waals surface area contributed by atoms with Gasteiger partial charge in [-0.25, -0.2) is 9.78 Å². The summed E-state index contributed by atoms with van der Waals surface area (Å²) in [5, 5.41) is 32.4. The number of carboxylic acids is 1. The van der Waals surface area contributed by atoms with Crippen molar-refractivity contribution in [2.24, 2.45) is 5.92 Å². The van der Waals surface area contributed by atoms with Gasteiger partial charge in [0.05, 0.1) is 23.4 Å². The van der Waals surface area contributed by atoms with Gasteiger partial charge in [0, 0.05) is 19.0 Å². The predicted octanol–water partition coefficient (Wildman–Crippen LogP) is 2.13. The molecular weight excluding hydrogens is 348 g/mol. The monoisotopic (exact) mass is 366 g/mol. The summed E-state index contributed by atoms with van der Waals surface area (Å²) in [4.78, 5) is 28.9. The molecule has 0 radical (unpaired) electrons. The zero-order chi connectivity index (χ0) is 19.7. The first kappa shape index (κ1) is 18.4. The molecule has 0 fully saturated rings. The van der Waals surface area contributed by atoms with Gasteiger partial charge in [0.25, 0.3) is 0 Å². The molecule has 0 saturated carbocycles. The third-order valence-corrected chi connectivity index (χ3v) is 4.68. The van der Waals surface area contributed by atoms with Crippen molar-refractivity contribution in [3.8, 4) is 6.07 Å². The molecule has 8 nitrogen and oxygen atoms in total. The average Bonchev–Trinajstić information content (AvgIpc) is 2.65. The van der Waals surface area contributed by atoms with E-state index in [0.717, 1.165) is 0 Å². The Hall–Kier alpha value is -3.44. The number of aliphatic hydroxyl groups excluding tert-OH is 1. The molecule has 0 aliphatic carbocycles. The maximum atomic E-state index is 12.1. The van der Waals surface area contributed by atoms with E-state index in [0.29, 0.717) is 16.8 Å². The van der Waals surface area contributed by atoms with Crippen molar-refractivity contribution < 1.29 is 19.8 Å². The number of hydrogen-bond donors (Lipinski definition) is 3. The van der Waals surface area contributed by atoms with Crippen LogP contribution in [0.5, 0.6) is 0 Å². The molecule has 1 amide bonds. The Morgan fingerprint density at radius 3 is 2.70 bits per heavy atom. The first-order valence-electron chi connectivity index (χ1n) is 8.32. The van der Waals surface area contributed by atoms with E-state index in [4.69, 9.17) is 0 Å². The second kappa shape index (κ2) is 7.05. The summed E-state index contributed by atoms with van der Waals surface area (Å²) in [6.45, 7) is 3.09. The van der Waals surface area contributed by atoms with Crippen LogP contribution in [0.3, 0.4) is 0 Å². The molecule has 3 rings (SSSR count). The highest BCUT2D eigenvalue weighted by atomic mass is 16.4.